The molecule has 0 heterocycles. The van der Waals surface area contributed by atoms with E-state index in [1.807, 2.05) is 0 Å². The van der Waals surface area contributed by atoms with Crippen molar-refractivity contribution in [2.45, 2.75) is 0 Å². The highest BCUT2D eigenvalue weighted by Gasteiger charge is 2.19. The van der Waals surface area contributed by atoms with E-state index in [2.05, 4.69) is 229 Å². The number of fused-ring (bicyclic) bond motifs is 5. The maximum absolute atomic E-state index is 2.41. The van der Waals surface area contributed by atoms with Gasteiger partial charge in [0, 0.05) is 16.9 Å². The fourth-order valence-electron chi connectivity index (χ4n) is 8.17. The van der Waals surface area contributed by atoms with Crippen molar-refractivity contribution < 1.29 is 0 Å². The van der Waals surface area contributed by atoms with Crippen LogP contribution in [-0.4, -0.2) is 0 Å². The molecule has 0 fully saturated rings. The summed E-state index contributed by atoms with van der Waals surface area (Å²) in [6, 6.07) is 81.4. The molecule has 0 aliphatic heterocycles. The molecule has 1 nitrogen and oxygen atoms in total. The predicted molar refractivity (Wildman–Crippen MR) is 235 cm³/mol. The molecule has 0 atom stereocenters. The van der Waals surface area contributed by atoms with Crippen LogP contribution in [0.4, 0.5) is 17.1 Å². The molecule has 1 heteroatoms. The van der Waals surface area contributed by atoms with Crippen LogP contribution in [0.2, 0.25) is 0 Å². The Morgan fingerprint density at radius 1 is 0.255 bits per heavy atom. The Kier molecular flexibility index (Phi) is 8.24. The molecule has 0 N–H and O–H groups in total. The second kappa shape index (κ2) is 14.0. The standard InChI is InChI=1S/C54H37N/c1-3-14-38(15-4-1)39-26-28-40(29-27-39)41-30-33-46(34-31-41)55(53-25-12-11-22-48(53)42-16-5-2-6-17-42)47-21-13-20-44(36-47)52-37-45-19-8-10-24-50(45)54-49-23-9-7-18-43(49)32-35-51(52)54/h1-37H. The van der Waals surface area contributed by atoms with Gasteiger partial charge in [0.2, 0.25) is 0 Å². The lowest BCUT2D eigenvalue weighted by atomic mass is 9.90. The summed E-state index contributed by atoms with van der Waals surface area (Å²) in [5.41, 5.74) is 12.9. The third kappa shape index (κ3) is 6.02. The van der Waals surface area contributed by atoms with Crippen molar-refractivity contribution in [1.82, 2.24) is 0 Å². The molecule has 0 spiro atoms. The van der Waals surface area contributed by atoms with Crippen molar-refractivity contribution in [3.8, 4) is 44.5 Å². The molecule has 0 aliphatic carbocycles. The van der Waals surface area contributed by atoms with Crippen LogP contribution in [0.15, 0.2) is 224 Å². The lowest BCUT2D eigenvalue weighted by molar-refractivity contribution is 1.28. The molecule has 0 aliphatic rings. The maximum Gasteiger partial charge on any atom is 0.0540 e. The van der Waals surface area contributed by atoms with Gasteiger partial charge >= 0.3 is 0 Å². The number of hydrogen-bond acceptors (Lipinski definition) is 1. The summed E-state index contributed by atoms with van der Waals surface area (Å²) < 4.78 is 0. The predicted octanol–water partition coefficient (Wildman–Crippen LogP) is 15.3. The van der Waals surface area contributed by atoms with Crippen LogP contribution >= 0.6 is 0 Å². The molecule has 55 heavy (non-hydrogen) atoms. The van der Waals surface area contributed by atoms with Gasteiger partial charge in [0.1, 0.15) is 0 Å². The Labute approximate surface area is 322 Å². The smallest absolute Gasteiger partial charge is 0.0540 e. The zero-order valence-electron chi connectivity index (χ0n) is 30.3. The van der Waals surface area contributed by atoms with Crippen molar-refractivity contribution in [2.24, 2.45) is 0 Å². The van der Waals surface area contributed by atoms with E-state index in [0.29, 0.717) is 0 Å². The summed E-state index contributed by atoms with van der Waals surface area (Å²) in [5, 5.41) is 7.62. The SMILES string of the molecule is c1ccc(-c2ccc(-c3ccc(N(c4cccc(-c5cc6ccccc6c6c5ccc5ccccc56)c4)c4ccccc4-c4ccccc4)cc3)cc2)cc1. The number of hydrogen-bond donors (Lipinski definition) is 0. The minimum Gasteiger partial charge on any atom is -0.310 e. The molecule has 10 aromatic carbocycles. The summed E-state index contributed by atoms with van der Waals surface area (Å²) >= 11 is 0. The van der Waals surface area contributed by atoms with Gasteiger partial charge in [-0.05, 0) is 108 Å². The molecule has 0 saturated heterocycles. The van der Waals surface area contributed by atoms with Gasteiger partial charge in [0.15, 0.2) is 0 Å². The van der Waals surface area contributed by atoms with Crippen LogP contribution in [0.3, 0.4) is 0 Å². The summed E-state index contributed by atoms with van der Waals surface area (Å²) in [4.78, 5) is 2.41. The zero-order chi connectivity index (χ0) is 36.6. The summed E-state index contributed by atoms with van der Waals surface area (Å²) in [6.45, 7) is 0. The summed E-state index contributed by atoms with van der Waals surface area (Å²) in [5.74, 6) is 0. The van der Waals surface area contributed by atoms with E-state index in [4.69, 9.17) is 0 Å². The zero-order valence-corrected chi connectivity index (χ0v) is 30.3. The molecule has 0 aromatic heterocycles. The van der Waals surface area contributed by atoms with E-state index < -0.39 is 0 Å². The van der Waals surface area contributed by atoms with Gasteiger partial charge in [0.05, 0.1) is 5.69 Å². The van der Waals surface area contributed by atoms with Gasteiger partial charge in [-0.25, -0.2) is 0 Å². The highest BCUT2D eigenvalue weighted by atomic mass is 15.1. The number of nitrogens with zero attached hydrogens (tertiary/aromatic N) is 1. The van der Waals surface area contributed by atoms with Crippen molar-refractivity contribution in [2.75, 3.05) is 4.90 Å². The van der Waals surface area contributed by atoms with Crippen LogP contribution < -0.4 is 4.90 Å². The maximum atomic E-state index is 2.41. The van der Waals surface area contributed by atoms with Gasteiger partial charge in [-0.15, -0.1) is 0 Å². The van der Waals surface area contributed by atoms with Gasteiger partial charge < -0.3 is 4.90 Å². The monoisotopic (exact) mass is 699 g/mol. The molecule has 0 saturated carbocycles. The minimum atomic E-state index is 1.10. The highest BCUT2D eigenvalue weighted by molar-refractivity contribution is 6.24. The number of benzene rings is 10. The Morgan fingerprint density at radius 2 is 0.782 bits per heavy atom. The molecule has 0 radical (unpaired) electrons. The molecule has 0 amide bonds. The van der Waals surface area contributed by atoms with Crippen molar-refractivity contribution in [1.29, 1.82) is 0 Å². The lowest BCUT2D eigenvalue weighted by Gasteiger charge is -2.28. The topological polar surface area (TPSA) is 3.24 Å². The first-order chi connectivity index (χ1) is 27.3. The van der Waals surface area contributed by atoms with E-state index in [1.54, 1.807) is 0 Å². The van der Waals surface area contributed by atoms with Crippen LogP contribution in [0.25, 0.3) is 76.8 Å². The number of para-hydroxylation sites is 1. The first-order valence-corrected chi connectivity index (χ1v) is 18.9. The van der Waals surface area contributed by atoms with Gasteiger partial charge in [-0.2, -0.15) is 0 Å². The van der Waals surface area contributed by atoms with E-state index in [0.717, 1.165) is 17.1 Å². The van der Waals surface area contributed by atoms with Gasteiger partial charge in [0.25, 0.3) is 0 Å². The van der Waals surface area contributed by atoms with E-state index in [-0.39, 0.29) is 0 Å². The first kappa shape index (κ1) is 32.4. The third-order valence-electron chi connectivity index (χ3n) is 10.8. The van der Waals surface area contributed by atoms with E-state index in [9.17, 15) is 0 Å². The summed E-state index contributed by atoms with van der Waals surface area (Å²) in [7, 11) is 0. The second-order valence-electron chi connectivity index (χ2n) is 14.1. The number of anilines is 3. The van der Waals surface area contributed by atoms with Crippen LogP contribution in [0.1, 0.15) is 0 Å². The lowest BCUT2D eigenvalue weighted by Crippen LogP contribution is -2.11. The van der Waals surface area contributed by atoms with Gasteiger partial charge in [-0.3, -0.25) is 0 Å². The average Bonchev–Trinajstić information content (AvgIpc) is 3.27. The Hall–Kier alpha value is -7.22. The molecule has 0 unspecified atom stereocenters. The van der Waals surface area contributed by atoms with Crippen molar-refractivity contribution in [3.05, 3.63) is 224 Å². The molecule has 0 bridgehead atoms. The first-order valence-electron chi connectivity index (χ1n) is 18.9. The second-order valence-corrected chi connectivity index (χ2v) is 14.1. The molecule has 258 valence electrons. The fourth-order valence-corrected chi connectivity index (χ4v) is 8.17. The van der Waals surface area contributed by atoms with E-state index in [1.165, 1.54) is 76.8 Å². The molecular weight excluding hydrogens is 663 g/mol. The molecule has 10 rings (SSSR count). The van der Waals surface area contributed by atoms with E-state index >= 15 is 0 Å². The minimum absolute atomic E-state index is 1.10. The largest absolute Gasteiger partial charge is 0.310 e. The normalized spacial score (nSPS) is 11.3. The number of rotatable bonds is 7. The average molecular weight is 700 g/mol. The molecular formula is C54H37N. The Morgan fingerprint density at radius 3 is 1.49 bits per heavy atom. The van der Waals surface area contributed by atoms with Crippen molar-refractivity contribution in [3.63, 3.8) is 0 Å². The Bertz CT molecular complexity index is 2930. The quantitative estimate of drug-likeness (QED) is 0.150. The fraction of sp³-hybridized carbons (Fsp3) is 0. The van der Waals surface area contributed by atoms with Crippen molar-refractivity contribution >= 4 is 49.4 Å². The Balaban J connectivity index is 1.12. The van der Waals surface area contributed by atoms with Crippen LogP contribution in [0, 0.1) is 0 Å². The molecule has 10 aromatic rings. The van der Waals surface area contributed by atoms with Gasteiger partial charge in [-0.1, -0.05) is 188 Å². The highest BCUT2D eigenvalue weighted by Crippen LogP contribution is 2.44. The third-order valence-corrected chi connectivity index (χ3v) is 10.8. The van der Waals surface area contributed by atoms with Crippen LogP contribution in [0.5, 0.6) is 0 Å². The summed E-state index contributed by atoms with van der Waals surface area (Å²) in [6.07, 6.45) is 0. The van der Waals surface area contributed by atoms with Crippen LogP contribution in [-0.2, 0) is 0 Å².